The Morgan fingerprint density at radius 2 is 1.75 bits per heavy atom. The number of Topliss-reactive ketones (excluding diaryl/α,β-unsaturated/α-hetero) is 1. The standard InChI is InChI=1S/C26H26O6/c1-15-6-5-7-22(26(25(30)31)11-10-16(2)20(13-26)24(28)29)21(15)14-32-23-9-8-19(18(4)27)12-17(23)3/h5-12H,13-14H2,1-4H3,(H,28,29)(H,30,31). The Hall–Kier alpha value is -3.67. The maximum Gasteiger partial charge on any atom is 0.331 e. The van der Waals surface area contributed by atoms with Crippen LogP contribution in [0.5, 0.6) is 5.75 Å². The van der Waals surface area contributed by atoms with E-state index in [2.05, 4.69) is 0 Å². The van der Waals surface area contributed by atoms with Gasteiger partial charge in [-0.15, -0.1) is 0 Å². The third-order valence-electron chi connectivity index (χ3n) is 6.03. The van der Waals surface area contributed by atoms with Gasteiger partial charge >= 0.3 is 11.9 Å². The smallest absolute Gasteiger partial charge is 0.331 e. The molecule has 0 amide bonds. The van der Waals surface area contributed by atoms with Crippen LogP contribution in [0.2, 0.25) is 0 Å². The number of hydrogen-bond acceptors (Lipinski definition) is 4. The minimum atomic E-state index is -1.51. The van der Waals surface area contributed by atoms with Crippen molar-refractivity contribution in [2.24, 2.45) is 0 Å². The van der Waals surface area contributed by atoms with E-state index in [1.807, 2.05) is 19.9 Å². The van der Waals surface area contributed by atoms with Crippen molar-refractivity contribution in [2.75, 3.05) is 0 Å². The Balaban J connectivity index is 2.02. The Kier molecular flexibility index (Phi) is 6.35. The molecule has 2 aromatic carbocycles. The van der Waals surface area contributed by atoms with E-state index in [4.69, 9.17) is 4.74 Å². The number of aliphatic carboxylic acids is 2. The first-order valence-electron chi connectivity index (χ1n) is 10.3. The summed E-state index contributed by atoms with van der Waals surface area (Å²) in [6, 6.07) is 10.5. The van der Waals surface area contributed by atoms with Crippen molar-refractivity contribution in [1.82, 2.24) is 0 Å². The first-order valence-corrected chi connectivity index (χ1v) is 10.3. The van der Waals surface area contributed by atoms with Crippen molar-refractivity contribution in [3.05, 3.63) is 87.5 Å². The minimum absolute atomic E-state index is 0.0362. The predicted octanol–water partition coefficient (Wildman–Crippen LogP) is 4.77. The first-order chi connectivity index (χ1) is 15.1. The number of carbonyl (C=O) groups is 3. The third kappa shape index (κ3) is 4.21. The second kappa shape index (κ2) is 8.83. The molecule has 0 bridgehead atoms. The van der Waals surface area contributed by atoms with Crippen LogP contribution in [-0.2, 0) is 21.6 Å². The summed E-state index contributed by atoms with van der Waals surface area (Å²) in [5.74, 6) is -1.68. The van der Waals surface area contributed by atoms with E-state index < -0.39 is 17.4 Å². The van der Waals surface area contributed by atoms with Crippen LogP contribution in [0.1, 0.15) is 52.9 Å². The second-order valence-electron chi connectivity index (χ2n) is 8.18. The molecule has 0 heterocycles. The van der Waals surface area contributed by atoms with Gasteiger partial charge in [0, 0.05) is 17.6 Å². The number of ketones is 1. The van der Waals surface area contributed by atoms with Crippen LogP contribution in [0.25, 0.3) is 0 Å². The molecule has 1 unspecified atom stereocenters. The van der Waals surface area contributed by atoms with Crippen LogP contribution in [0, 0.1) is 13.8 Å². The quantitative estimate of drug-likeness (QED) is 0.609. The number of ether oxygens (including phenoxy) is 1. The summed E-state index contributed by atoms with van der Waals surface area (Å²) >= 11 is 0. The fourth-order valence-electron chi connectivity index (χ4n) is 4.03. The topological polar surface area (TPSA) is 101 Å². The molecule has 3 rings (SSSR count). The summed E-state index contributed by atoms with van der Waals surface area (Å²) in [7, 11) is 0. The Morgan fingerprint density at radius 1 is 1.03 bits per heavy atom. The monoisotopic (exact) mass is 434 g/mol. The largest absolute Gasteiger partial charge is 0.489 e. The highest BCUT2D eigenvalue weighted by molar-refractivity contribution is 5.95. The maximum atomic E-state index is 12.5. The lowest BCUT2D eigenvalue weighted by Gasteiger charge is -2.32. The van der Waals surface area contributed by atoms with E-state index in [9.17, 15) is 24.6 Å². The zero-order valence-electron chi connectivity index (χ0n) is 18.6. The van der Waals surface area contributed by atoms with Crippen molar-refractivity contribution < 1.29 is 29.3 Å². The molecule has 1 aliphatic rings. The van der Waals surface area contributed by atoms with Crippen LogP contribution in [0.3, 0.4) is 0 Å². The molecule has 166 valence electrons. The highest BCUT2D eigenvalue weighted by atomic mass is 16.5. The molecule has 1 atom stereocenters. The van der Waals surface area contributed by atoms with Gasteiger partial charge in [0.15, 0.2) is 5.78 Å². The van der Waals surface area contributed by atoms with Crippen LogP contribution in [-0.4, -0.2) is 27.9 Å². The lowest BCUT2D eigenvalue weighted by Crippen LogP contribution is -2.38. The number of carboxylic acid groups (broad SMARTS) is 2. The molecule has 0 aliphatic heterocycles. The highest BCUT2D eigenvalue weighted by Gasteiger charge is 2.43. The van der Waals surface area contributed by atoms with Gasteiger partial charge in [-0.1, -0.05) is 30.4 Å². The molecule has 2 N–H and O–H groups in total. The summed E-state index contributed by atoms with van der Waals surface area (Å²) in [4.78, 5) is 35.9. The molecule has 2 aromatic rings. The van der Waals surface area contributed by atoms with Gasteiger partial charge in [0.1, 0.15) is 17.8 Å². The van der Waals surface area contributed by atoms with E-state index in [-0.39, 0.29) is 24.4 Å². The molecule has 0 radical (unpaired) electrons. The van der Waals surface area contributed by atoms with Crippen LogP contribution in [0.15, 0.2) is 59.7 Å². The maximum absolute atomic E-state index is 12.5. The number of hydrogen-bond donors (Lipinski definition) is 2. The third-order valence-corrected chi connectivity index (χ3v) is 6.03. The summed E-state index contributed by atoms with van der Waals surface area (Å²) in [6.45, 7) is 6.99. The molecule has 0 fully saturated rings. The van der Waals surface area contributed by atoms with Crippen molar-refractivity contribution in [3.63, 3.8) is 0 Å². The van der Waals surface area contributed by atoms with Crippen LogP contribution < -0.4 is 4.74 Å². The molecule has 32 heavy (non-hydrogen) atoms. The predicted molar refractivity (Wildman–Crippen MR) is 120 cm³/mol. The number of carbonyl (C=O) groups excluding carboxylic acids is 1. The van der Waals surface area contributed by atoms with Gasteiger partial charge in [0.25, 0.3) is 0 Å². The number of carboxylic acids is 2. The van der Waals surface area contributed by atoms with E-state index in [0.717, 1.165) is 11.1 Å². The summed E-state index contributed by atoms with van der Waals surface area (Å²) in [6.07, 6.45) is 2.99. The number of allylic oxidation sites excluding steroid dienone is 2. The molecule has 1 aliphatic carbocycles. The van der Waals surface area contributed by atoms with Crippen molar-refractivity contribution in [3.8, 4) is 5.75 Å². The van der Waals surface area contributed by atoms with Gasteiger partial charge in [0.05, 0.1) is 0 Å². The summed E-state index contributed by atoms with van der Waals surface area (Å²) in [5.41, 5.74) is 2.55. The van der Waals surface area contributed by atoms with Gasteiger partial charge in [-0.05, 0) is 73.7 Å². The van der Waals surface area contributed by atoms with Gasteiger partial charge < -0.3 is 14.9 Å². The molecular weight excluding hydrogens is 408 g/mol. The fourth-order valence-corrected chi connectivity index (χ4v) is 4.03. The Bertz CT molecular complexity index is 1170. The van der Waals surface area contributed by atoms with E-state index in [1.54, 1.807) is 49.4 Å². The number of benzene rings is 2. The van der Waals surface area contributed by atoms with E-state index in [0.29, 0.717) is 28.0 Å². The van der Waals surface area contributed by atoms with E-state index in [1.165, 1.54) is 6.92 Å². The van der Waals surface area contributed by atoms with Gasteiger partial charge in [0.2, 0.25) is 0 Å². The van der Waals surface area contributed by atoms with Gasteiger partial charge in [-0.2, -0.15) is 0 Å². The molecule has 0 saturated carbocycles. The molecule has 0 spiro atoms. The molecule has 6 heteroatoms. The van der Waals surface area contributed by atoms with Crippen LogP contribution >= 0.6 is 0 Å². The SMILES string of the molecule is CC(=O)c1ccc(OCc2c(C)cccc2C2(C(=O)O)C=CC(C)=C(C(=O)O)C2)c(C)c1. The Labute approximate surface area is 186 Å². The van der Waals surface area contributed by atoms with Crippen molar-refractivity contribution in [2.45, 2.75) is 46.1 Å². The van der Waals surface area contributed by atoms with Gasteiger partial charge in [-0.25, -0.2) is 4.79 Å². The molecule has 6 nitrogen and oxygen atoms in total. The lowest BCUT2D eigenvalue weighted by molar-refractivity contribution is -0.142. The van der Waals surface area contributed by atoms with Crippen molar-refractivity contribution in [1.29, 1.82) is 0 Å². The highest BCUT2D eigenvalue weighted by Crippen LogP contribution is 2.41. The van der Waals surface area contributed by atoms with Gasteiger partial charge in [-0.3, -0.25) is 9.59 Å². The zero-order valence-corrected chi connectivity index (χ0v) is 18.6. The lowest BCUT2D eigenvalue weighted by atomic mass is 9.69. The van der Waals surface area contributed by atoms with Crippen LogP contribution in [0.4, 0.5) is 0 Å². The summed E-state index contributed by atoms with van der Waals surface area (Å²) in [5, 5.41) is 19.8. The first kappa shape index (κ1) is 23.0. The normalized spacial score (nSPS) is 17.9. The number of rotatable bonds is 7. The Morgan fingerprint density at radius 3 is 2.34 bits per heavy atom. The zero-order chi connectivity index (χ0) is 23.6. The molecule has 0 saturated heterocycles. The van der Waals surface area contributed by atoms with Crippen molar-refractivity contribution >= 4 is 17.7 Å². The average Bonchev–Trinajstić information content (AvgIpc) is 2.73. The number of aryl methyl sites for hydroxylation is 2. The second-order valence-corrected chi connectivity index (χ2v) is 8.18. The minimum Gasteiger partial charge on any atom is -0.489 e. The molecule has 0 aromatic heterocycles. The van der Waals surface area contributed by atoms with E-state index >= 15 is 0 Å². The average molecular weight is 434 g/mol. The fraction of sp³-hybridized carbons (Fsp3) is 0.269. The summed E-state index contributed by atoms with van der Waals surface area (Å²) < 4.78 is 6.03. The molecular formula is C26H26O6.